The molecule has 3 N–H and O–H groups in total. The maximum absolute atomic E-state index is 11.9. The van der Waals surface area contributed by atoms with Crippen LogP contribution >= 0.6 is 0 Å². The molecule has 4 heteroatoms. The summed E-state index contributed by atoms with van der Waals surface area (Å²) in [4.78, 5) is 16.2. The standard InChI is InChI=1S/C20H23N3O/c21-18-4-2-1-3-16-11-14(7-8-17(16)18)15-9-10-22-19(12-15)23-20(24)13-5-6-13/h7-13,18H,1-6,21H2,(H,22,23,24)/t18-/m1/s1. The van der Waals surface area contributed by atoms with Crippen LogP contribution < -0.4 is 11.1 Å². The van der Waals surface area contributed by atoms with Crippen molar-refractivity contribution in [2.45, 2.75) is 44.6 Å². The minimum Gasteiger partial charge on any atom is -0.324 e. The molecule has 24 heavy (non-hydrogen) atoms. The maximum Gasteiger partial charge on any atom is 0.228 e. The van der Waals surface area contributed by atoms with Gasteiger partial charge in [-0.3, -0.25) is 4.79 Å². The number of nitrogens with one attached hydrogen (secondary N) is 1. The summed E-state index contributed by atoms with van der Waals surface area (Å²) in [6, 6.07) is 10.7. The quantitative estimate of drug-likeness (QED) is 0.844. The second-order valence-corrected chi connectivity index (χ2v) is 6.96. The van der Waals surface area contributed by atoms with Crippen molar-refractivity contribution >= 4 is 11.7 Å². The number of hydrogen-bond donors (Lipinski definition) is 2. The molecule has 4 rings (SSSR count). The van der Waals surface area contributed by atoms with Gasteiger partial charge in [0.2, 0.25) is 5.91 Å². The summed E-state index contributed by atoms with van der Waals surface area (Å²) in [6.45, 7) is 0. The Bertz CT molecular complexity index is 767. The van der Waals surface area contributed by atoms with Crippen molar-refractivity contribution in [3.05, 3.63) is 47.7 Å². The highest BCUT2D eigenvalue weighted by Gasteiger charge is 2.29. The van der Waals surface area contributed by atoms with Gasteiger partial charge in [-0.05, 0) is 66.5 Å². The van der Waals surface area contributed by atoms with Crippen LogP contribution in [-0.4, -0.2) is 10.9 Å². The molecule has 0 unspecified atom stereocenters. The fourth-order valence-electron chi connectivity index (χ4n) is 3.45. The van der Waals surface area contributed by atoms with E-state index in [4.69, 9.17) is 5.73 Å². The number of amides is 1. The molecule has 1 heterocycles. The van der Waals surface area contributed by atoms with Crippen LogP contribution in [0.1, 0.15) is 49.3 Å². The zero-order valence-electron chi connectivity index (χ0n) is 13.8. The normalized spacial score (nSPS) is 20.1. The minimum atomic E-state index is 0.0903. The second kappa shape index (κ2) is 6.36. The molecular weight excluding hydrogens is 298 g/mol. The first-order valence-electron chi connectivity index (χ1n) is 8.86. The van der Waals surface area contributed by atoms with Gasteiger partial charge in [0.25, 0.3) is 0 Å². The Morgan fingerprint density at radius 1 is 1.08 bits per heavy atom. The Kier molecular flexibility index (Phi) is 4.07. The minimum absolute atomic E-state index is 0.0903. The fourth-order valence-corrected chi connectivity index (χ4v) is 3.45. The fraction of sp³-hybridized carbons (Fsp3) is 0.400. The van der Waals surface area contributed by atoms with Gasteiger partial charge in [-0.15, -0.1) is 0 Å². The van der Waals surface area contributed by atoms with Crippen molar-refractivity contribution in [1.82, 2.24) is 4.98 Å². The van der Waals surface area contributed by atoms with E-state index < -0.39 is 0 Å². The lowest BCUT2D eigenvalue weighted by Crippen LogP contribution is -2.14. The van der Waals surface area contributed by atoms with Crippen molar-refractivity contribution < 1.29 is 4.79 Å². The molecule has 0 aliphatic heterocycles. The van der Waals surface area contributed by atoms with Gasteiger partial charge in [0.05, 0.1) is 0 Å². The summed E-state index contributed by atoms with van der Waals surface area (Å²) in [6.07, 6.45) is 8.30. The molecule has 4 nitrogen and oxygen atoms in total. The van der Waals surface area contributed by atoms with E-state index in [2.05, 4.69) is 28.5 Å². The van der Waals surface area contributed by atoms with E-state index in [1.807, 2.05) is 12.1 Å². The molecule has 2 aliphatic rings. The third-order valence-corrected chi connectivity index (χ3v) is 5.05. The van der Waals surface area contributed by atoms with Crippen molar-refractivity contribution in [1.29, 1.82) is 0 Å². The molecular formula is C20H23N3O. The van der Waals surface area contributed by atoms with Crippen molar-refractivity contribution in [2.75, 3.05) is 5.32 Å². The number of carbonyl (C=O) groups excluding carboxylic acids is 1. The molecule has 2 aliphatic carbocycles. The van der Waals surface area contributed by atoms with Crippen LogP contribution in [0.2, 0.25) is 0 Å². The molecule has 0 spiro atoms. The van der Waals surface area contributed by atoms with Crippen LogP contribution in [0.4, 0.5) is 5.82 Å². The largest absolute Gasteiger partial charge is 0.324 e. The first kappa shape index (κ1) is 15.3. The summed E-state index contributed by atoms with van der Waals surface area (Å²) in [5, 5.41) is 2.92. The average molecular weight is 321 g/mol. The lowest BCUT2D eigenvalue weighted by atomic mass is 9.95. The number of hydrogen-bond acceptors (Lipinski definition) is 3. The van der Waals surface area contributed by atoms with E-state index in [1.54, 1.807) is 6.20 Å². The van der Waals surface area contributed by atoms with Crippen molar-refractivity contribution in [2.24, 2.45) is 11.7 Å². The summed E-state index contributed by atoms with van der Waals surface area (Å²) >= 11 is 0. The van der Waals surface area contributed by atoms with Gasteiger partial charge in [0.1, 0.15) is 5.82 Å². The number of aromatic nitrogens is 1. The molecule has 1 fully saturated rings. The van der Waals surface area contributed by atoms with Crippen LogP contribution in [-0.2, 0) is 11.2 Å². The number of pyridine rings is 1. The maximum atomic E-state index is 11.9. The number of rotatable bonds is 3. The van der Waals surface area contributed by atoms with Crippen LogP contribution in [0.5, 0.6) is 0 Å². The lowest BCUT2D eigenvalue weighted by molar-refractivity contribution is -0.117. The first-order valence-corrected chi connectivity index (χ1v) is 8.86. The predicted octanol–water partition coefficient (Wildman–Crippen LogP) is 3.82. The third-order valence-electron chi connectivity index (χ3n) is 5.05. The number of anilines is 1. The van der Waals surface area contributed by atoms with E-state index >= 15 is 0 Å². The SMILES string of the molecule is N[C@@H]1CCCCc2cc(-c3ccnc(NC(=O)C4CC4)c3)ccc21. The number of carbonyl (C=O) groups is 1. The highest BCUT2D eigenvalue weighted by Crippen LogP contribution is 2.32. The zero-order valence-corrected chi connectivity index (χ0v) is 13.8. The smallest absolute Gasteiger partial charge is 0.228 e. The Hall–Kier alpha value is -2.20. The van der Waals surface area contributed by atoms with Gasteiger partial charge in [-0.2, -0.15) is 0 Å². The number of nitrogens with two attached hydrogens (primary N) is 1. The van der Waals surface area contributed by atoms with Gasteiger partial charge < -0.3 is 11.1 Å². The Labute approximate surface area is 142 Å². The van der Waals surface area contributed by atoms with Crippen molar-refractivity contribution in [3.8, 4) is 11.1 Å². The highest BCUT2D eigenvalue weighted by molar-refractivity contribution is 5.93. The van der Waals surface area contributed by atoms with E-state index in [0.717, 1.165) is 36.8 Å². The molecule has 1 aromatic heterocycles. The van der Waals surface area contributed by atoms with E-state index in [1.165, 1.54) is 24.0 Å². The zero-order chi connectivity index (χ0) is 16.5. The van der Waals surface area contributed by atoms with Gasteiger partial charge in [0.15, 0.2) is 0 Å². The van der Waals surface area contributed by atoms with Gasteiger partial charge >= 0.3 is 0 Å². The van der Waals surface area contributed by atoms with Crippen LogP contribution in [0.25, 0.3) is 11.1 Å². The molecule has 0 radical (unpaired) electrons. The first-order chi connectivity index (χ1) is 11.7. The molecule has 124 valence electrons. The van der Waals surface area contributed by atoms with Crippen LogP contribution in [0.3, 0.4) is 0 Å². The molecule has 1 aromatic carbocycles. The van der Waals surface area contributed by atoms with Gasteiger partial charge in [-0.25, -0.2) is 4.98 Å². The van der Waals surface area contributed by atoms with E-state index in [9.17, 15) is 4.79 Å². The number of nitrogens with zero attached hydrogens (tertiary/aromatic N) is 1. The summed E-state index contributed by atoms with van der Waals surface area (Å²) in [7, 11) is 0. The van der Waals surface area contributed by atoms with Gasteiger partial charge in [0, 0.05) is 18.2 Å². The Morgan fingerprint density at radius 2 is 1.92 bits per heavy atom. The molecule has 1 amide bonds. The second-order valence-electron chi connectivity index (χ2n) is 6.96. The lowest BCUT2D eigenvalue weighted by Gasteiger charge is -2.14. The van der Waals surface area contributed by atoms with Crippen LogP contribution in [0, 0.1) is 5.92 Å². The van der Waals surface area contributed by atoms with Gasteiger partial charge in [-0.1, -0.05) is 24.6 Å². The number of fused-ring (bicyclic) bond motifs is 1. The number of benzene rings is 1. The topological polar surface area (TPSA) is 68.0 Å². The Morgan fingerprint density at radius 3 is 2.75 bits per heavy atom. The predicted molar refractivity (Wildman–Crippen MR) is 95.5 cm³/mol. The molecule has 1 saturated carbocycles. The third kappa shape index (κ3) is 3.20. The number of aryl methyl sites for hydroxylation is 1. The monoisotopic (exact) mass is 321 g/mol. The van der Waals surface area contributed by atoms with E-state index in [0.29, 0.717) is 5.82 Å². The Balaban J connectivity index is 1.61. The molecule has 0 bridgehead atoms. The van der Waals surface area contributed by atoms with Crippen molar-refractivity contribution in [3.63, 3.8) is 0 Å². The summed E-state index contributed by atoms with van der Waals surface area (Å²) in [5.74, 6) is 0.910. The molecule has 2 aromatic rings. The van der Waals surface area contributed by atoms with Crippen LogP contribution in [0.15, 0.2) is 36.5 Å². The summed E-state index contributed by atoms with van der Waals surface area (Å²) in [5.41, 5.74) is 11.2. The average Bonchev–Trinajstić information content (AvgIpc) is 3.43. The highest BCUT2D eigenvalue weighted by atomic mass is 16.2. The van der Waals surface area contributed by atoms with E-state index in [-0.39, 0.29) is 17.9 Å². The molecule has 1 atom stereocenters. The summed E-state index contributed by atoms with van der Waals surface area (Å²) < 4.78 is 0. The molecule has 0 saturated heterocycles.